The molecule has 0 amide bonds. The first-order chi connectivity index (χ1) is 9.88. The number of hydrogen-bond acceptors (Lipinski definition) is 5. The standard InChI is InChI=1S/C13H14N4O4/c1-8(2)16-7-9(6-14-16)15-12-4-3-10(17(20)21)5-11(12)13(18)19/h3-8,15H,1-2H3,(H,18,19). The topological polar surface area (TPSA) is 110 Å². The first-order valence-corrected chi connectivity index (χ1v) is 6.21. The maximum Gasteiger partial charge on any atom is 0.338 e. The lowest BCUT2D eigenvalue weighted by molar-refractivity contribution is -0.384. The Bertz CT molecular complexity index is 693. The van der Waals surface area contributed by atoms with Crippen LogP contribution in [-0.2, 0) is 0 Å². The summed E-state index contributed by atoms with van der Waals surface area (Å²) in [7, 11) is 0. The van der Waals surface area contributed by atoms with E-state index in [2.05, 4.69) is 10.4 Å². The van der Waals surface area contributed by atoms with Crippen molar-refractivity contribution in [1.29, 1.82) is 0 Å². The number of aromatic carboxylic acids is 1. The van der Waals surface area contributed by atoms with Crippen LogP contribution in [0.2, 0.25) is 0 Å². The van der Waals surface area contributed by atoms with Crippen LogP contribution in [0.4, 0.5) is 17.1 Å². The van der Waals surface area contributed by atoms with Crippen molar-refractivity contribution in [2.45, 2.75) is 19.9 Å². The molecule has 0 aliphatic rings. The number of carboxylic acids is 1. The molecule has 0 fully saturated rings. The SMILES string of the molecule is CC(C)n1cc(Nc2ccc([N+](=O)[O-])cc2C(=O)O)cn1. The third-order valence-electron chi connectivity index (χ3n) is 2.85. The van der Waals surface area contributed by atoms with E-state index in [1.807, 2.05) is 13.8 Å². The molecule has 110 valence electrons. The summed E-state index contributed by atoms with van der Waals surface area (Å²) in [6.07, 6.45) is 3.30. The van der Waals surface area contributed by atoms with E-state index in [1.54, 1.807) is 17.1 Å². The quantitative estimate of drug-likeness (QED) is 0.647. The first-order valence-electron chi connectivity index (χ1n) is 6.21. The number of carbonyl (C=O) groups is 1. The molecule has 21 heavy (non-hydrogen) atoms. The van der Waals surface area contributed by atoms with Gasteiger partial charge in [0.1, 0.15) is 0 Å². The Morgan fingerprint density at radius 1 is 1.48 bits per heavy atom. The molecule has 8 heteroatoms. The lowest BCUT2D eigenvalue weighted by atomic mass is 10.1. The molecule has 2 N–H and O–H groups in total. The summed E-state index contributed by atoms with van der Waals surface area (Å²) in [6.45, 7) is 3.93. The van der Waals surface area contributed by atoms with E-state index in [9.17, 15) is 14.9 Å². The number of non-ortho nitro benzene ring substituents is 1. The van der Waals surface area contributed by atoms with Crippen molar-refractivity contribution in [3.05, 3.63) is 46.3 Å². The third kappa shape index (κ3) is 3.16. The number of nitro groups is 1. The van der Waals surface area contributed by atoms with Gasteiger partial charge in [-0.05, 0) is 19.9 Å². The highest BCUT2D eigenvalue weighted by atomic mass is 16.6. The number of benzene rings is 1. The number of nitrogens with one attached hydrogen (secondary N) is 1. The van der Waals surface area contributed by atoms with Crippen molar-refractivity contribution in [2.75, 3.05) is 5.32 Å². The van der Waals surface area contributed by atoms with Crippen molar-refractivity contribution in [3.63, 3.8) is 0 Å². The highest BCUT2D eigenvalue weighted by Gasteiger charge is 2.16. The van der Waals surface area contributed by atoms with E-state index in [0.29, 0.717) is 5.69 Å². The summed E-state index contributed by atoms with van der Waals surface area (Å²) in [4.78, 5) is 21.3. The van der Waals surface area contributed by atoms with Gasteiger partial charge in [-0.25, -0.2) is 4.79 Å². The summed E-state index contributed by atoms with van der Waals surface area (Å²) in [5, 5.41) is 26.9. The maximum atomic E-state index is 11.2. The molecule has 0 unspecified atom stereocenters. The zero-order valence-corrected chi connectivity index (χ0v) is 11.5. The summed E-state index contributed by atoms with van der Waals surface area (Å²) in [5.74, 6) is -1.24. The minimum atomic E-state index is -1.24. The molecule has 8 nitrogen and oxygen atoms in total. The summed E-state index contributed by atoms with van der Waals surface area (Å²) < 4.78 is 1.72. The average molecular weight is 290 g/mol. The van der Waals surface area contributed by atoms with Gasteiger partial charge < -0.3 is 10.4 Å². The summed E-state index contributed by atoms with van der Waals surface area (Å²) in [5.41, 5.74) is 0.453. The van der Waals surface area contributed by atoms with Gasteiger partial charge in [0.15, 0.2) is 0 Å². The Hall–Kier alpha value is -2.90. The van der Waals surface area contributed by atoms with E-state index in [4.69, 9.17) is 5.11 Å². The van der Waals surface area contributed by atoms with E-state index >= 15 is 0 Å². The minimum absolute atomic E-state index is 0.165. The zero-order chi connectivity index (χ0) is 15.6. The summed E-state index contributed by atoms with van der Waals surface area (Å²) in [6, 6.07) is 3.82. The molecule has 0 atom stereocenters. The minimum Gasteiger partial charge on any atom is -0.478 e. The van der Waals surface area contributed by atoms with Crippen molar-refractivity contribution in [2.24, 2.45) is 0 Å². The molecule has 0 saturated heterocycles. The normalized spacial score (nSPS) is 10.6. The van der Waals surface area contributed by atoms with E-state index in [0.717, 1.165) is 6.07 Å². The molecule has 0 bridgehead atoms. The molecule has 2 rings (SSSR count). The van der Waals surface area contributed by atoms with Crippen LogP contribution in [-0.4, -0.2) is 25.8 Å². The van der Waals surface area contributed by atoms with Crippen LogP contribution in [0.5, 0.6) is 0 Å². The third-order valence-corrected chi connectivity index (χ3v) is 2.85. The van der Waals surface area contributed by atoms with Gasteiger partial charge in [-0.2, -0.15) is 5.10 Å². The molecule has 0 saturated carbocycles. The number of rotatable bonds is 5. The van der Waals surface area contributed by atoms with Crippen molar-refractivity contribution < 1.29 is 14.8 Å². The monoisotopic (exact) mass is 290 g/mol. The first kappa shape index (κ1) is 14.5. The number of hydrogen-bond donors (Lipinski definition) is 2. The average Bonchev–Trinajstić information content (AvgIpc) is 2.87. The van der Waals surface area contributed by atoms with Gasteiger partial charge in [0.2, 0.25) is 0 Å². The largest absolute Gasteiger partial charge is 0.478 e. The van der Waals surface area contributed by atoms with Crippen LogP contribution >= 0.6 is 0 Å². The molecule has 1 aromatic heterocycles. The number of aromatic nitrogens is 2. The number of anilines is 2. The van der Waals surface area contributed by atoms with Gasteiger partial charge in [0, 0.05) is 24.4 Å². The smallest absolute Gasteiger partial charge is 0.338 e. The van der Waals surface area contributed by atoms with Crippen LogP contribution < -0.4 is 5.32 Å². The van der Waals surface area contributed by atoms with Crippen LogP contribution in [0, 0.1) is 10.1 Å². The lowest BCUT2D eigenvalue weighted by Crippen LogP contribution is -2.04. The lowest BCUT2D eigenvalue weighted by Gasteiger charge is -2.08. The van der Waals surface area contributed by atoms with Crippen LogP contribution in [0.25, 0.3) is 0 Å². The van der Waals surface area contributed by atoms with E-state index in [-0.39, 0.29) is 23.0 Å². The molecule has 2 aromatic rings. The molecule has 0 radical (unpaired) electrons. The van der Waals surface area contributed by atoms with Crippen molar-refractivity contribution in [1.82, 2.24) is 9.78 Å². The van der Waals surface area contributed by atoms with E-state index < -0.39 is 10.9 Å². The highest BCUT2D eigenvalue weighted by molar-refractivity contribution is 5.96. The summed E-state index contributed by atoms with van der Waals surface area (Å²) >= 11 is 0. The van der Waals surface area contributed by atoms with Crippen molar-refractivity contribution in [3.8, 4) is 0 Å². The van der Waals surface area contributed by atoms with Gasteiger partial charge in [0.25, 0.3) is 5.69 Å². The van der Waals surface area contributed by atoms with Gasteiger partial charge in [-0.1, -0.05) is 0 Å². The number of nitro benzene ring substituents is 1. The molecule has 1 heterocycles. The van der Waals surface area contributed by atoms with Gasteiger partial charge >= 0.3 is 5.97 Å². The highest BCUT2D eigenvalue weighted by Crippen LogP contribution is 2.25. The van der Waals surface area contributed by atoms with Gasteiger partial charge in [-0.15, -0.1) is 0 Å². The zero-order valence-electron chi connectivity index (χ0n) is 11.5. The van der Waals surface area contributed by atoms with Gasteiger partial charge in [0.05, 0.1) is 28.1 Å². The second kappa shape index (κ2) is 5.61. The Morgan fingerprint density at radius 2 is 2.19 bits per heavy atom. The Morgan fingerprint density at radius 3 is 2.71 bits per heavy atom. The Kier molecular flexibility index (Phi) is 3.88. The fraction of sp³-hybridized carbons (Fsp3) is 0.231. The van der Waals surface area contributed by atoms with Crippen LogP contribution in [0.3, 0.4) is 0 Å². The fourth-order valence-electron chi connectivity index (χ4n) is 1.77. The molecule has 0 aliphatic heterocycles. The van der Waals surface area contributed by atoms with E-state index in [1.165, 1.54) is 12.1 Å². The molecular formula is C13H14N4O4. The number of carboxylic acid groups (broad SMARTS) is 1. The second-order valence-corrected chi connectivity index (χ2v) is 4.72. The maximum absolute atomic E-state index is 11.2. The predicted octanol–water partition coefficient (Wildman–Crippen LogP) is 2.81. The fourth-order valence-corrected chi connectivity index (χ4v) is 1.77. The predicted molar refractivity (Wildman–Crippen MR) is 76.0 cm³/mol. The van der Waals surface area contributed by atoms with Crippen LogP contribution in [0.15, 0.2) is 30.6 Å². The van der Waals surface area contributed by atoms with Crippen LogP contribution in [0.1, 0.15) is 30.2 Å². The Balaban J connectivity index is 2.34. The molecule has 0 spiro atoms. The van der Waals surface area contributed by atoms with Gasteiger partial charge in [-0.3, -0.25) is 14.8 Å². The Labute approximate surface area is 120 Å². The second-order valence-electron chi connectivity index (χ2n) is 4.72. The molecule has 0 aliphatic carbocycles. The van der Waals surface area contributed by atoms with Crippen molar-refractivity contribution >= 4 is 23.0 Å². The number of nitrogens with zero attached hydrogens (tertiary/aromatic N) is 3. The molecule has 1 aromatic carbocycles. The molecular weight excluding hydrogens is 276 g/mol.